The first kappa shape index (κ1) is 72.6. The average molecular weight is 1280 g/mol. The molecule has 18 heteroatoms. The summed E-state index contributed by atoms with van der Waals surface area (Å²) in [6.07, 6.45) is 16.3. The van der Waals surface area contributed by atoms with Crippen LogP contribution in [0.5, 0.6) is 17.2 Å². The fourth-order valence-corrected chi connectivity index (χ4v) is 11.8. The van der Waals surface area contributed by atoms with E-state index in [9.17, 15) is 44.1 Å². The highest BCUT2D eigenvalue weighted by Gasteiger charge is 2.26. The van der Waals surface area contributed by atoms with Gasteiger partial charge in [-0.2, -0.15) is 0 Å². The molecule has 18 nitrogen and oxygen atoms in total. The van der Waals surface area contributed by atoms with Crippen molar-refractivity contribution >= 4 is 34.1 Å². The average Bonchev–Trinajstić information content (AvgIpc) is 0.819. The van der Waals surface area contributed by atoms with Crippen LogP contribution in [0.3, 0.4) is 0 Å². The topological polar surface area (TPSA) is 263 Å². The smallest absolute Gasteiger partial charge is 0.253 e. The summed E-state index contributed by atoms with van der Waals surface area (Å²) >= 11 is 0. The Morgan fingerprint density at radius 2 is 0.516 bits per heavy atom. The molecule has 7 aromatic rings. The van der Waals surface area contributed by atoms with E-state index in [4.69, 9.17) is 14.2 Å². The molecule has 0 fully saturated rings. The van der Waals surface area contributed by atoms with Gasteiger partial charge in [-0.15, -0.1) is 0 Å². The normalized spacial score (nSPS) is 11.5. The van der Waals surface area contributed by atoms with Crippen molar-refractivity contribution < 1.29 is 29.5 Å². The van der Waals surface area contributed by atoms with E-state index in [2.05, 4.69) is 128 Å². The van der Waals surface area contributed by atoms with Gasteiger partial charge in [0.15, 0.2) is 0 Å². The van der Waals surface area contributed by atoms with E-state index in [1.54, 1.807) is 0 Å². The molecule has 0 radical (unpaired) electrons. The first-order valence-corrected chi connectivity index (χ1v) is 34.6. The molecule has 0 aromatic heterocycles. The van der Waals surface area contributed by atoms with E-state index in [-0.39, 0.29) is 73.6 Å². The van der Waals surface area contributed by atoms with Gasteiger partial charge < -0.3 is 61.4 Å². The molecule has 0 bridgehead atoms. The van der Waals surface area contributed by atoms with Crippen LogP contribution in [0.4, 0.5) is 34.1 Å². The molecule has 0 saturated carbocycles. The lowest BCUT2D eigenvalue weighted by atomic mass is 9.88. The zero-order chi connectivity index (χ0) is 66.7. The SMILES string of the molecule is CCCCOc1c(CCC)cc(-c2cc(-c3cc(CCC)c(OCCCC)c(CNc4c(NCCCCCO)c(=O)c4=O)c3)cc(-c3cc(CCC)c(OCCCC)c(CNc4c(NCCCCCO)c(=O)c4=O)c3)c2)cc1CNc1c(NCCCCCO)c(=O)c1=O. The number of ether oxygens (including phenoxy) is 3. The maximum atomic E-state index is 13.3. The number of unbranched alkanes of at least 4 members (excludes halogenated alkanes) is 9. The molecule has 0 atom stereocenters. The van der Waals surface area contributed by atoms with Gasteiger partial charge >= 0.3 is 0 Å². The Morgan fingerprint density at radius 3 is 0.753 bits per heavy atom. The second-order valence-electron chi connectivity index (χ2n) is 24.4. The number of hydrogen-bond donors (Lipinski definition) is 9. The maximum Gasteiger partial charge on any atom is 0.253 e. The molecule has 0 aliphatic carbocycles. The highest BCUT2D eigenvalue weighted by Crippen LogP contribution is 2.42. The standard InChI is InChI=1S/C75H102N6O12/c1-7-13-34-91-73-49(25-10-4)37-52(43-58(73)46-79-64-61(67(85)70(64)88)76-28-19-16-22-31-82)55-40-56(53-38-50(26-11-5)74(92-35-14-8-2)59(44-53)47-80-65-62(68(86)71(65)89)77-29-20-17-23-32-83)42-57(41-55)54-39-51(27-12-6)75(93-36-15-9-3)60(45-54)48-81-66-63(69(87)72(66)90)78-30-21-18-24-33-84/h37-45,76-84H,7-36,46-48H2,1-6H3. The van der Waals surface area contributed by atoms with Crippen LogP contribution in [0.25, 0.3) is 33.4 Å². The van der Waals surface area contributed by atoms with Gasteiger partial charge in [0.05, 0.1) is 19.8 Å². The van der Waals surface area contributed by atoms with Gasteiger partial charge in [0.25, 0.3) is 32.6 Å². The summed E-state index contributed by atoms with van der Waals surface area (Å²) in [5.41, 5.74) is 8.82. The Kier molecular flexibility index (Phi) is 29.5. The zero-order valence-corrected chi connectivity index (χ0v) is 56.0. The van der Waals surface area contributed by atoms with Crippen LogP contribution in [0, 0.1) is 0 Å². The van der Waals surface area contributed by atoms with Crippen LogP contribution in [0.1, 0.15) is 190 Å². The van der Waals surface area contributed by atoms with Gasteiger partial charge in [0.2, 0.25) is 0 Å². The zero-order valence-electron chi connectivity index (χ0n) is 56.0. The van der Waals surface area contributed by atoms with Gasteiger partial charge in [-0.25, -0.2) is 0 Å². The first-order valence-electron chi connectivity index (χ1n) is 34.6. The molecule has 9 N–H and O–H groups in total. The third kappa shape index (κ3) is 19.2. The van der Waals surface area contributed by atoms with Crippen LogP contribution in [0.2, 0.25) is 0 Å². The van der Waals surface area contributed by atoms with Crippen LogP contribution < -0.4 is 78.7 Å². The Morgan fingerprint density at radius 1 is 0.280 bits per heavy atom. The fraction of sp³-hybridized carbons (Fsp3) is 0.520. The fourth-order valence-electron chi connectivity index (χ4n) is 11.8. The number of rotatable bonds is 48. The Balaban J connectivity index is 1.44. The van der Waals surface area contributed by atoms with E-state index < -0.39 is 32.6 Å². The second kappa shape index (κ2) is 37.8. The molecular formula is C75H102N6O12. The van der Waals surface area contributed by atoms with Crippen LogP contribution in [-0.2, 0) is 38.9 Å². The summed E-state index contributed by atoms with van der Waals surface area (Å²) in [4.78, 5) is 79.0. The van der Waals surface area contributed by atoms with Crippen molar-refractivity contribution in [2.75, 3.05) is 91.2 Å². The molecule has 0 spiro atoms. The van der Waals surface area contributed by atoms with Crippen molar-refractivity contribution in [1.29, 1.82) is 0 Å². The lowest BCUT2D eigenvalue weighted by Gasteiger charge is -2.22. The number of anilines is 6. The minimum absolute atomic E-state index is 0.0870. The molecule has 0 saturated heterocycles. The third-order valence-electron chi connectivity index (χ3n) is 17.0. The minimum Gasteiger partial charge on any atom is -0.493 e. The predicted molar refractivity (Wildman–Crippen MR) is 380 cm³/mol. The summed E-state index contributed by atoms with van der Waals surface area (Å²) in [6, 6.07) is 19.5. The van der Waals surface area contributed by atoms with Gasteiger partial charge in [0.1, 0.15) is 51.4 Å². The Hall–Kier alpha value is -7.80. The highest BCUT2D eigenvalue weighted by atomic mass is 16.5. The van der Waals surface area contributed by atoms with E-state index >= 15 is 0 Å². The molecule has 504 valence electrons. The molecular weight excluding hydrogens is 1180 g/mol. The lowest BCUT2D eigenvalue weighted by molar-refractivity contribution is 0.283. The van der Waals surface area contributed by atoms with Crippen molar-refractivity contribution in [2.45, 2.75) is 196 Å². The van der Waals surface area contributed by atoms with Gasteiger partial charge in [-0.05, 0) is 201 Å². The molecule has 7 rings (SSSR count). The monoisotopic (exact) mass is 1280 g/mol. The van der Waals surface area contributed by atoms with Crippen LogP contribution in [0.15, 0.2) is 83.4 Å². The minimum atomic E-state index is -0.583. The summed E-state index contributed by atoms with van der Waals surface area (Å²) in [7, 11) is 0. The van der Waals surface area contributed by atoms with Crippen molar-refractivity contribution in [2.24, 2.45) is 0 Å². The highest BCUT2D eigenvalue weighted by molar-refractivity contribution is 5.84. The summed E-state index contributed by atoms with van der Waals surface area (Å²) in [6.45, 7) is 16.5. The molecule has 0 unspecified atom stereocenters. The van der Waals surface area contributed by atoms with E-state index in [0.29, 0.717) is 78.0 Å². The van der Waals surface area contributed by atoms with E-state index in [1.807, 2.05) is 0 Å². The molecule has 0 aliphatic rings. The van der Waals surface area contributed by atoms with Crippen molar-refractivity contribution in [3.63, 3.8) is 0 Å². The van der Waals surface area contributed by atoms with Gasteiger partial charge in [-0.3, -0.25) is 28.8 Å². The molecule has 7 aromatic carbocycles. The summed E-state index contributed by atoms with van der Waals surface area (Å²) < 4.78 is 20.1. The lowest BCUT2D eigenvalue weighted by Crippen LogP contribution is -2.37. The summed E-state index contributed by atoms with van der Waals surface area (Å²) in [5.74, 6) is 2.20. The van der Waals surface area contributed by atoms with Crippen molar-refractivity contribution in [3.05, 3.63) is 149 Å². The predicted octanol–water partition coefficient (Wildman–Crippen LogP) is 12.4. The van der Waals surface area contributed by atoms with Crippen molar-refractivity contribution in [3.8, 4) is 50.6 Å². The first-order chi connectivity index (χ1) is 45.3. The molecule has 0 heterocycles. The number of benzene rings is 4. The molecule has 93 heavy (non-hydrogen) atoms. The number of hydrogen-bond acceptors (Lipinski definition) is 18. The third-order valence-corrected chi connectivity index (χ3v) is 17.0. The van der Waals surface area contributed by atoms with E-state index in [1.165, 1.54) is 0 Å². The number of nitrogens with one attached hydrogen (secondary N) is 6. The Labute approximate surface area is 548 Å². The number of aryl methyl sites for hydroxylation is 3. The van der Waals surface area contributed by atoms with Crippen LogP contribution >= 0.6 is 0 Å². The van der Waals surface area contributed by atoms with Gasteiger partial charge in [-0.1, -0.05) is 80.1 Å². The quantitative estimate of drug-likeness (QED) is 0.0127. The van der Waals surface area contributed by atoms with Gasteiger partial charge in [0, 0.05) is 75.8 Å². The Bertz CT molecular complexity index is 3340. The largest absolute Gasteiger partial charge is 0.493 e. The number of aliphatic hydroxyl groups is 3. The van der Waals surface area contributed by atoms with E-state index in [0.717, 1.165) is 180 Å². The molecule has 0 amide bonds. The second-order valence-corrected chi connectivity index (χ2v) is 24.4. The number of aliphatic hydroxyl groups excluding tert-OH is 3. The maximum absolute atomic E-state index is 13.3. The summed E-state index contributed by atoms with van der Waals surface area (Å²) in [5, 5.41) is 47.6. The van der Waals surface area contributed by atoms with Crippen LogP contribution in [-0.4, -0.2) is 74.6 Å². The molecule has 0 aliphatic heterocycles. The van der Waals surface area contributed by atoms with Crippen molar-refractivity contribution in [1.82, 2.24) is 0 Å².